The third-order valence-electron chi connectivity index (χ3n) is 3.05. The van der Waals surface area contributed by atoms with E-state index in [0.29, 0.717) is 24.0 Å². The molecule has 2 aromatic carbocycles. The fourth-order valence-corrected chi connectivity index (χ4v) is 2.79. The maximum atomic E-state index is 12.6. The van der Waals surface area contributed by atoms with Gasteiger partial charge >= 0.3 is 0 Å². The summed E-state index contributed by atoms with van der Waals surface area (Å²) >= 11 is 6.65. The maximum Gasteiger partial charge on any atom is 0.257 e. The van der Waals surface area contributed by atoms with Crippen molar-refractivity contribution in [2.75, 3.05) is 11.9 Å². The van der Waals surface area contributed by atoms with Crippen LogP contribution in [0.3, 0.4) is 0 Å². The molecule has 0 aromatic heterocycles. The molecule has 1 N–H and O–H groups in total. The summed E-state index contributed by atoms with van der Waals surface area (Å²) in [6.07, 6.45) is 0. The fraction of sp³-hybridized carbons (Fsp3) is 0.188. The summed E-state index contributed by atoms with van der Waals surface area (Å²) in [6, 6.07) is 14.7. The number of aromatic hydroxyl groups is 1. The molecule has 21 heavy (non-hydrogen) atoms. The molecular formula is C16H15Br2NO2. The smallest absolute Gasteiger partial charge is 0.257 e. The van der Waals surface area contributed by atoms with Gasteiger partial charge in [0.2, 0.25) is 0 Å². The van der Waals surface area contributed by atoms with Gasteiger partial charge in [0, 0.05) is 22.9 Å². The number of phenolic OH excluding ortho intramolecular Hbond substituents is 1. The zero-order valence-electron chi connectivity index (χ0n) is 11.3. The minimum atomic E-state index is -0.177. The SMILES string of the molecule is O=C(c1ccc(Br)cc1O)N(CCBr)Cc1ccccc1. The Kier molecular flexibility index (Phi) is 5.82. The number of phenols is 1. The van der Waals surface area contributed by atoms with Crippen molar-refractivity contribution in [2.24, 2.45) is 0 Å². The van der Waals surface area contributed by atoms with Crippen molar-refractivity contribution in [2.45, 2.75) is 6.54 Å². The molecule has 0 fully saturated rings. The number of hydrogen-bond donors (Lipinski definition) is 1. The molecule has 5 heteroatoms. The number of benzene rings is 2. The van der Waals surface area contributed by atoms with Crippen molar-refractivity contribution in [1.29, 1.82) is 0 Å². The third-order valence-corrected chi connectivity index (χ3v) is 3.90. The van der Waals surface area contributed by atoms with E-state index < -0.39 is 0 Å². The molecule has 0 atom stereocenters. The average molecular weight is 413 g/mol. The zero-order chi connectivity index (χ0) is 15.2. The molecule has 1 amide bonds. The monoisotopic (exact) mass is 411 g/mol. The van der Waals surface area contributed by atoms with Crippen molar-refractivity contribution >= 4 is 37.8 Å². The Morgan fingerprint density at radius 1 is 1.14 bits per heavy atom. The van der Waals surface area contributed by atoms with Gasteiger partial charge in [-0.3, -0.25) is 4.79 Å². The van der Waals surface area contributed by atoms with Gasteiger partial charge in [0.25, 0.3) is 5.91 Å². The highest BCUT2D eigenvalue weighted by atomic mass is 79.9. The summed E-state index contributed by atoms with van der Waals surface area (Å²) in [5, 5.41) is 10.6. The molecule has 2 aromatic rings. The van der Waals surface area contributed by atoms with Crippen LogP contribution in [0.5, 0.6) is 5.75 Å². The van der Waals surface area contributed by atoms with Crippen LogP contribution in [0.1, 0.15) is 15.9 Å². The molecule has 3 nitrogen and oxygen atoms in total. The van der Waals surface area contributed by atoms with Crippen molar-refractivity contribution in [3.63, 3.8) is 0 Å². The number of carbonyl (C=O) groups excluding carboxylic acids is 1. The van der Waals surface area contributed by atoms with Gasteiger partial charge in [0.05, 0.1) is 5.56 Å². The highest BCUT2D eigenvalue weighted by Crippen LogP contribution is 2.24. The molecule has 0 radical (unpaired) electrons. The van der Waals surface area contributed by atoms with Gasteiger partial charge in [0.1, 0.15) is 5.75 Å². The van der Waals surface area contributed by atoms with E-state index in [0.717, 1.165) is 10.0 Å². The van der Waals surface area contributed by atoms with Crippen LogP contribution in [-0.2, 0) is 6.54 Å². The van der Waals surface area contributed by atoms with Gasteiger partial charge in [-0.25, -0.2) is 0 Å². The van der Waals surface area contributed by atoms with E-state index in [2.05, 4.69) is 31.9 Å². The van der Waals surface area contributed by atoms with E-state index >= 15 is 0 Å². The summed E-state index contributed by atoms with van der Waals surface area (Å²) in [5.74, 6) is -0.190. The van der Waals surface area contributed by atoms with Gasteiger partial charge in [-0.05, 0) is 23.8 Å². The highest BCUT2D eigenvalue weighted by Gasteiger charge is 2.19. The van der Waals surface area contributed by atoms with Crippen molar-refractivity contribution < 1.29 is 9.90 Å². The summed E-state index contributed by atoms with van der Waals surface area (Å²) in [6.45, 7) is 1.09. The van der Waals surface area contributed by atoms with E-state index in [-0.39, 0.29) is 11.7 Å². The molecule has 2 rings (SSSR count). The Hall–Kier alpha value is -1.33. The number of alkyl halides is 1. The van der Waals surface area contributed by atoms with Crippen LogP contribution in [0, 0.1) is 0 Å². The van der Waals surface area contributed by atoms with Crippen LogP contribution in [0.15, 0.2) is 53.0 Å². The highest BCUT2D eigenvalue weighted by molar-refractivity contribution is 9.10. The molecule has 0 saturated carbocycles. The summed E-state index contributed by atoms with van der Waals surface area (Å²) in [4.78, 5) is 14.3. The lowest BCUT2D eigenvalue weighted by Crippen LogP contribution is -2.32. The van der Waals surface area contributed by atoms with Crippen LogP contribution < -0.4 is 0 Å². The number of amides is 1. The minimum Gasteiger partial charge on any atom is -0.507 e. The molecule has 0 aliphatic heterocycles. The van der Waals surface area contributed by atoms with Crippen LogP contribution in [0.2, 0.25) is 0 Å². The third kappa shape index (κ3) is 4.32. The van der Waals surface area contributed by atoms with Crippen LogP contribution in [0.4, 0.5) is 0 Å². The van der Waals surface area contributed by atoms with Crippen molar-refractivity contribution in [3.05, 3.63) is 64.1 Å². The Morgan fingerprint density at radius 2 is 1.86 bits per heavy atom. The van der Waals surface area contributed by atoms with E-state index in [1.807, 2.05) is 30.3 Å². The normalized spacial score (nSPS) is 10.4. The Balaban J connectivity index is 2.23. The molecular weight excluding hydrogens is 398 g/mol. The number of halogens is 2. The van der Waals surface area contributed by atoms with Gasteiger partial charge < -0.3 is 10.0 Å². The first kappa shape index (κ1) is 16.0. The lowest BCUT2D eigenvalue weighted by molar-refractivity contribution is 0.0751. The van der Waals surface area contributed by atoms with E-state index in [9.17, 15) is 9.90 Å². The summed E-state index contributed by atoms with van der Waals surface area (Å²) in [7, 11) is 0. The number of nitrogens with zero attached hydrogens (tertiary/aromatic N) is 1. The van der Waals surface area contributed by atoms with Gasteiger partial charge in [-0.1, -0.05) is 62.2 Å². The van der Waals surface area contributed by atoms with E-state index in [1.165, 1.54) is 6.07 Å². The van der Waals surface area contributed by atoms with Crippen molar-refractivity contribution in [3.8, 4) is 5.75 Å². The summed E-state index contributed by atoms with van der Waals surface area (Å²) < 4.78 is 0.742. The Morgan fingerprint density at radius 3 is 2.48 bits per heavy atom. The minimum absolute atomic E-state index is 0.0120. The van der Waals surface area contributed by atoms with Gasteiger partial charge in [-0.15, -0.1) is 0 Å². The fourth-order valence-electron chi connectivity index (χ4n) is 2.01. The van der Waals surface area contributed by atoms with Crippen molar-refractivity contribution in [1.82, 2.24) is 4.90 Å². The second kappa shape index (κ2) is 7.61. The lowest BCUT2D eigenvalue weighted by atomic mass is 10.1. The second-order valence-electron chi connectivity index (χ2n) is 4.56. The number of rotatable bonds is 5. The number of carbonyl (C=O) groups is 1. The Bertz CT molecular complexity index is 617. The first-order valence-corrected chi connectivity index (χ1v) is 8.41. The summed E-state index contributed by atoms with van der Waals surface area (Å²) in [5.41, 5.74) is 1.37. The molecule has 0 spiro atoms. The molecule has 0 unspecified atom stereocenters. The Labute approximate surface area is 140 Å². The topological polar surface area (TPSA) is 40.5 Å². The standard InChI is InChI=1S/C16H15Br2NO2/c17-8-9-19(11-12-4-2-1-3-5-12)16(21)14-7-6-13(18)10-15(14)20/h1-7,10,20H,8-9,11H2. The van der Waals surface area contributed by atoms with Crippen LogP contribution in [-0.4, -0.2) is 27.8 Å². The van der Waals surface area contributed by atoms with Gasteiger partial charge in [-0.2, -0.15) is 0 Å². The predicted octanol–water partition coefficient (Wildman–Crippen LogP) is 4.19. The molecule has 0 aliphatic rings. The largest absolute Gasteiger partial charge is 0.507 e. The van der Waals surface area contributed by atoms with Gasteiger partial charge in [0.15, 0.2) is 0 Å². The molecule has 0 bridgehead atoms. The molecule has 0 heterocycles. The van der Waals surface area contributed by atoms with E-state index in [1.54, 1.807) is 17.0 Å². The zero-order valence-corrected chi connectivity index (χ0v) is 14.5. The van der Waals surface area contributed by atoms with Crippen LogP contribution in [0.25, 0.3) is 0 Å². The molecule has 0 saturated heterocycles. The van der Waals surface area contributed by atoms with Crippen LogP contribution >= 0.6 is 31.9 Å². The lowest BCUT2D eigenvalue weighted by Gasteiger charge is -2.22. The quantitative estimate of drug-likeness (QED) is 0.748. The first-order chi connectivity index (χ1) is 10.1. The first-order valence-electron chi connectivity index (χ1n) is 6.49. The predicted molar refractivity (Wildman–Crippen MR) is 90.8 cm³/mol. The van der Waals surface area contributed by atoms with E-state index in [4.69, 9.17) is 0 Å². The number of hydrogen-bond acceptors (Lipinski definition) is 2. The maximum absolute atomic E-state index is 12.6. The average Bonchev–Trinajstić information content (AvgIpc) is 2.47. The molecule has 110 valence electrons. The second-order valence-corrected chi connectivity index (χ2v) is 6.27. The molecule has 0 aliphatic carbocycles.